The molecule has 144 valence electrons. The Kier molecular flexibility index (Phi) is 6.47. The van der Waals surface area contributed by atoms with E-state index in [9.17, 15) is 9.59 Å². The van der Waals surface area contributed by atoms with Crippen LogP contribution in [-0.2, 0) is 9.53 Å². The first-order chi connectivity index (χ1) is 13.1. The first-order valence-electron chi connectivity index (χ1n) is 9.16. The second-order valence-corrected chi connectivity index (χ2v) is 7.40. The van der Waals surface area contributed by atoms with Crippen molar-refractivity contribution in [3.63, 3.8) is 0 Å². The summed E-state index contributed by atoms with van der Waals surface area (Å²) in [6.45, 7) is 7.97. The predicted molar refractivity (Wildman–Crippen MR) is 109 cm³/mol. The number of nitrogens with one attached hydrogen (secondary N) is 1. The number of anilines is 2. The number of benzene rings is 1. The van der Waals surface area contributed by atoms with Crippen LogP contribution in [0.1, 0.15) is 22.8 Å². The second-order valence-electron chi connectivity index (χ2n) is 6.48. The van der Waals surface area contributed by atoms with E-state index in [4.69, 9.17) is 4.74 Å². The average molecular weight is 388 g/mol. The number of ether oxygens (including phenoxy) is 1. The average Bonchev–Trinajstić information content (AvgIpc) is 3.11. The molecule has 0 spiro atoms. The minimum absolute atomic E-state index is 0.104. The van der Waals surface area contributed by atoms with E-state index in [-0.39, 0.29) is 5.91 Å². The van der Waals surface area contributed by atoms with Crippen molar-refractivity contribution >= 4 is 33.9 Å². The summed E-state index contributed by atoms with van der Waals surface area (Å²) in [5.74, 6) is -0.506. The molecule has 1 aromatic heterocycles. The summed E-state index contributed by atoms with van der Waals surface area (Å²) in [7, 11) is 0. The Labute approximate surface area is 163 Å². The van der Waals surface area contributed by atoms with E-state index < -0.39 is 5.97 Å². The summed E-state index contributed by atoms with van der Waals surface area (Å²) in [6, 6.07) is 10.1. The van der Waals surface area contributed by atoms with Gasteiger partial charge in [-0.25, -0.2) is 4.79 Å². The van der Waals surface area contributed by atoms with Crippen LogP contribution in [-0.4, -0.2) is 56.1 Å². The lowest BCUT2D eigenvalue weighted by molar-refractivity contribution is -0.117. The third-order valence-electron chi connectivity index (χ3n) is 4.61. The highest BCUT2D eigenvalue weighted by Crippen LogP contribution is 2.24. The lowest BCUT2D eigenvalue weighted by atomic mass is 10.1. The Balaban J connectivity index is 1.51. The first kappa shape index (κ1) is 19.4. The number of hydrogen-bond donors (Lipinski definition) is 1. The minimum Gasteiger partial charge on any atom is -0.462 e. The van der Waals surface area contributed by atoms with Gasteiger partial charge in [-0.15, -0.1) is 11.3 Å². The van der Waals surface area contributed by atoms with Crippen molar-refractivity contribution in [2.45, 2.75) is 13.8 Å². The summed E-state index contributed by atoms with van der Waals surface area (Å²) in [5, 5.41) is 5.19. The van der Waals surface area contributed by atoms with E-state index in [1.54, 1.807) is 18.4 Å². The summed E-state index contributed by atoms with van der Waals surface area (Å²) in [4.78, 5) is 28.8. The zero-order chi connectivity index (χ0) is 19.2. The van der Waals surface area contributed by atoms with Crippen LogP contribution in [0.3, 0.4) is 0 Å². The fourth-order valence-corrected chi connectivity index (χ4v) is 4.00. The molecule has 7 heteroatoms. The van der Waals surface area contributed by atoms with Crippen molar-refractivity contribution < 1.29 is 14.3 Å². The molecule has 1 aliphatic rings. The van der Waals surface area contributed by atoms with Crippen LogP contribution in [0.15, 0.2) is 35.7 Å². The lowest BCUT2D eigenvalue weighted by Crippen LogP contribution is -2.48. The van der Waals surface area contributed by atoms with Crippen LogP contribution >= 0.6 is 11.3 Å². The molecule has 0 unspecified atom stereocenters. The third kappa shape index (κ3) is 4.87. The van der Waals surface area contributed by atoms with Gasteiger partial charge in [0.05, 0.1) is 18.7 Å². The normalized spacial score (nSPS) is 14.8. The van der Waals surface area contributed by atoms with Crippen molar-refractivity contribution in [3.05, 3.63) is 46.8 Å². The fourth-order valence-electron chi connectivity index (χ4n) is 3.21. The molecule has 1 amide bonds. The number of carbonyl (C=O) groups excluding carboxylic acids is 2. The van der Waals surface area contributed by atoms with Gasteiger partial charge in [0, 0.05) is 31.9 Å². The van der Waals surface area contributed by atoms with E-state index in [2.05, 4.69) is 46.3 Å². The van der Waals surface area contributed by atoms with Crippen LogP contribution in [0, 0.1) is 6.92 Å². The molecule has 1 saturated heterocycles. The van der Waals surface area contributed by atoms with Crippen molar-refractivity contribution in [3.8, 4) is 0 Å². The minimum atomic E-state index is -0.402. The molecule has 1 fully saturated rings. The van der Waals surface area contributed by atoms with Crippen LogP contribution < -0.4 is 10.2 Å². The molecule has 1 N–H and O–H groups in total. The Morgan fingerprint density at radius 2 is 1.89 bits per heavy atom. The molecule has 0 aliphatic carbocycles. The molecular formula is C20H25N3O3S. The second kappa shape index (κ2) is 9.01. The fraction of sp³-hybridized carbons (Fsp3) is 0.400. The SMILES string of the molecule is CCOC(=O)c1ccsc1NC(=O)CN1CCN(c2ccccc2C)CC1. The maximum absolute atomic E-state index is 12.4. The van der Waals surface area contributed by atoms with E-state index >= 15 is 0 Å². The third-order valence-corrected chi connectivity index (χ3v) is 5.44. The van der Waals surface area contributed by atoms with E-state index in [1.807, 2.05) is 0 Å². The highest BCUT2D eigenvalue weighted by molar-refractivity contribution is 7.14. The van der Waals surface area contributed by atoms with Crippen LogP contribution in [0.2, 0.25) is 0 Å². The molecule has 2 heterocycles. The number of aryl methyl sites for hydroxylation is 1. The molecule has 27 heavy (non-hydrogen) atoms. The summed E-state index contributed by atoms with van der Waals surface area (Å²) in [5.41, 5.74) is 2.95. The molecule has 3 rings (SSSR count). The Morgan fingerprint density at radius 3 is 2.59 bits per heavy atom. The molecule has 1 aliphatic heterocycles. The maximum Gasteiger partial charge on any atom is 0.341 e. The lowest BCUT2D eigenvalue weighted by Gasteiger charge is -2.36. The van der Waals surface area contributed by atoms with Gasteiger partial charge in [0.1, 0.15) is 5.00 Å². The number of amides is 1. The number of thiophene rings is 1. The summed E-state index contributed by atoms with van der Waals surface area (Å²) in [6.07, 6.45) is 0. The largest absolute Gasteiger partial charge is 0.462 e. The van der Waals surface area contributed by atoms with Gasteiger partial charge in [-0.05, 0) is 36.9 Å². The number of piperazine rings is 1. The van der Waals surface area contributed by atoms with Gasteiger partial charge >= 0.3 is 5.97 Å². The zero-order valence-electron chi connectivity index (χ0n) is 15.7. The Hall–Kier alpha value is -2.38. The number of rotatable bonds is 6. The summed E-state index contributed by atoms with van der Waals surface area (Å²) < 4.78 is 5.02. The summed E-state index contributed by atoms with van der Waals surface area (Å²) >= 11 is 1.33. The quantitative estimate of drug-likeness (QED) is 0.772. The molecule has 0 saturated carbocycles. The van der Waals surface area contributed by atoms with Gasteiger partial charge < -0.3 is 15.0 Å². The number of esters is 1. The van der Waals surface area contributed by atoms with Crippen LogP contribution in [0.5, 0.6) is 0 Å². The smallest absolute Gasteiger partial charge is 0.341 e. The first-order valence-corrected chi connectivity index (χ1v) is 10.0. The van der Waals surface area contributed by atoms with Gasteiger partial charge in [0.25, 0.3) is 0 Å². The zero-order valence-corrected chi connectivity index (χ0v) is 16.6. The van der Waals surface area contributed by atoms with E-state index in [0.29, 0.717) is 23.7 Å². The number of para-hydroxylation sites is 1. The highest BCUT2D eigenvalue weighted by Gasteiger charge is 2.21. The van der Waals surface area contributed by atoms with Crippen molar-refractivity contribution in [2.75, 3.05) is 49.5 Å². The Morgan fingerprint density at radius 1 is 1.15 bits per heavy atom. The standard InChI is InChI=1S/C20H25N3O3S/c1-3-26-20(25)16-8-13-27-19(16)21-18(24)14-22-9-11-23(12-10-22)17-7-5-4-6-15(17)2/h4-8,13H,3,9-12,14H2,1-2H3,(H,21,24). The molecule has 0 atom stereocenters. The number of carbonyl (C=O) groups is 2. The highest BCUT2D eigenvalue weighted by atomic mass is 32.1. The maximum atomic E-state index is 12.4. The molecule has 2 aromatic rings. The predicted octanol–water partition coefficient (Wildman–Crippen LogP) is 2.99. The van der Waals surface area contributed by atoms with E-state index in [1.165, 1.54) is 22.6 Å². The Bertz CT molecular complexity index is 797. The van der Waals surface area contributed by atoms with Gasteiger partial charge in [-0.2, -0.15) is 0 Å². The van der Waals surface area contributed by atoms with Crippen molar-refractivity contribution in [2.24, 2.45) is 0 Å². The molecule has 0 bridgehead atoms. The number of hydrogen-bond acceptors (Lipinski definition) is 6. The van der Waals surface area contributed by atoms with Gasteiger partial charge in [-0.3, -0.25) is 9.69 Å². The molecule has 1 aromatic carbocycles. The van der Waals surface area contributed by atoms with Gasteiger partial charge in [0.2, 0.25) is 5.91 Å². The topological polar surface area (TPSA) is 61.9 Å². The number of nitrogens with zero attached hydrogens (tertiary/aromatic N) is 2. The monoisotopic (exact) mass is 387 g/mol. The van der Waals surface area contributed by atoms with Crippen LogP contribution in [0.25, 0.3) is 0 Å². The van der Waals surface area contributed by atoms with E-state index in [0.717, 1.165) is 26.2 Å². The molecule has 6 nitrogen and oxygen atoms in total. The molecular weight excluding hydrogens is 362 g/mol. The van der Waals surface area contributed by atoms with Crippen molar-refractivity contribution in [1.29, 1.82) is 0 Å². The van der Waals surface area contributed by atoms with Gasteiger partial charge in [0.15, 0.2) is 0 Å². The van der Waals surface area contributed by atoms with Gasteiger partial charge in [-0.1, -0.05) is 18.2 Å². The molecule has 0 radical (unpaired) electrons. The van der Waals surface area contributed by atoms with Crippen molar-refractivity contribution in [1.82, 2.24) is 4.90 Å². The van der Waals surface area contributed by atoms with Crippen LogP contribution in [0.4, 0.5) is 10.7 Å².